The van der Waals surface area contributed by atoms with Gasteiger partial charge < -0.3 is 97.4 Å². The van der Waals surface area contributed by atoms with E-state index in [1.165, 1.54) is 28.0 Å². The maximum Gasteiger partial charge on any atom is 0.229 e. The van der Waals surface area contributed by atoms with Gasteiger partial charge in [-0.05, 0) is 107 Å². The summed E-state index contributed by atoms with van der Waals surface area (Å²) >= 11 is 4.77. The Balaban J connectivity index is 0.00000126. The predicted molar refractivity (Wildman–Crippen MR) is 407 cm³/mol. The van der Waals surface area contributed by atoms with Crippen LogP contribution < -0.4 is 4.74 Å². The number of aliphatic hydroxyl groups is 6. The molecule has 31 heteroatoms. The molecule has 24 unspecified atom stereocenters. The molecule has 6 saturated carbocycles. The van der Waals surface area contributed by atoms with Gasteiger partial charge in [0.05, 0.1) is 96.1 Å². The van der Waals surface area contributed by atoms with Crippen molar-refractivity contribution in [3.63, 3.8) is 0 Å². The average Bonchev–Trinajstić information content (AvgIpc) is 2.06. The first-order valence-electron chi connectivity index (χ1n) is 34.4. The Kier molecular flexibility index (Phi) is 59.2. The number of thioether (sulfide) groups is 1. The Bertz CT molecular complexity index is 3470. The Hall–Kier alpha value is 0.303. The second kappa shape index (κ2) is 59.0. The van der Waals surface area contributed by atoms with Crippen molar-refractivity contribution in [1.29, 1.82) is 0 Å². The smallest absolute Gasteiger partial charge is 0.229 e. The van der Waals surface area contributed by atoms with Crippen molar-refractivity contribution >= 4 is 81.5 Å². The van der Waals surface area contributed by atoms with Gasteiger partial charge in [-0.25, -0.2) is 57.9 Å². The van der Waals surface area contributed by atoms with E-state index >= 15 is 0 Å². The van der Waals surface area contributed by atoms with Gasteiger partial charge in [0.15, 0.2) is 0 Å². The van der Waals surface area contributed by atoms with Crippen molar-refractivity contribution in [2.75, 3.05) is 12.4 Å². The predicted octanol–water partition coefficient (Wildman–Crippen LogP) is 11.0. The third-order valence-electron chi connectivity index (χ3n) is 20.4. The summed E-state index contributed by atoms with van der Waals surface area (Å²) in [5.74, 6) is 5.94. The SMILES string of the molecule is [B]C1C(O)CC([N+]#[C-])C1CC#CCO[CH2-].[B]C1C(O)CC([N+]#[C-])C1CCCc1nc[c-]s1.[B]C1C(O)CC([N+]#[C-])C1CCSc1n[c-]cs1.[B]C1C(O)CC([N+]#[C-])C1CCc1cc[c-]cc1.[B]C1C(O)CC([N+]#[C-])C1Cc1cccc(C[CH2-])c1.[B]C1C(O)CC([N+]#[C-])C1Cc1cccc(O[CH2-])c1.[Y].[Y].[Y].[Y].[Y].[Y]. The molecule has 2 aromatic heterocycles. The van der Waals surface area contributed by atoms with E-state index in [0.29, 0.717) is 57.1 Å². The maximum absolute atomic E-state index is 9.77. The summed E-state index contributed by atoms with van der Waals surface area (Å²) in [4.78, 5) is 29.6. The summed E-state index contributed by atoms with van der Waals surface area (Å²) in [5.41, 5.74) is 4.67. The molecule has 18 radical (unpaired) electrons. The Morgan fingerprint density at radius 3 is 1.39 bits per heavy atom. The van der Waals surface area contributed by atoms with Crippen LogP contribution in [0.2, 0.25) is 34.9 Å². The van der Waals surface area contributed by atoms with Crippen molar-refractivity contribution in [2.45, 2.75) is 215 Å². The van der Waals surface area contributed by atoms with E-state index < -0.39 is 36.6 Å². The molecule has 2 heterocycles. The van der Waals surface area contributed by atoms with E-state index in [4.69, 9.17) is 91.2 Å². The Morgan fingerprint density at radius 1 is 0.528 bits per heavy atom. The van der Waals surface area contributed by atoms with Gasteiger partial charge in [0.25, 0.3) is 0 Å². The molecule has 0 spiro atoms. The third kappa shape index (κ3) is 34.3. The van der Waals surface area contributed by atoms with Crippen LogP contribution in [0.5, 0.6) is 5.75 Å². The largest absolute Gasteiger partial charge is 0.665 e. The number of aryl methyl sites for hydroxylation is 2. The quantitative estimate of drug-likeness (QED) is 0.0200. The second-order valence-corrected chi connectivity index (χ2v) is 29.8. The monoisotopic (exact) mass is 1950 g/mol. The van der Waals surface area contributed by atoms with Crippen LogP contribution in [0.15, 0.2) is 88.7 Å². The molecule has 6 aliphatic rings. The first-order valence-corrected chi connectivity index (χ1v) is 37.1. The van der Waals surface area contributed by atoms with Gasteiger partial charge in [-0.2, -0.15) is 66.6 Å². The molecular formula is C77H86B6N8O8S3Y6-6. The number of benzene rings is 3. The zero-order valence-corrected chi connectivity index (χ0v) is 80.5. The van der Waals surface area contributed by atoms with E-state index in [1.54, 1.807) is 29.3 Å². The van der Waals surface area contributed by atoms with E-state index in [2.05, 4.69) is 107 Å². The molecule has 6 N–H and O–H groups in total. The van der Waals surface area contributed by atoms with Crippen molar-refractivity contribution in [1.82, 2.24) is 9.97 Å². The fourth-order valence-electron chi connectivity index (χ4n) is 14.4. The average molecular weight is 1950 g/mol. The summed E-state index contributed by atoms with van der Waals surface area (Å²) in [5, 5.41) is 63.9. The van der Waals surface area contributed by atoms with Gasteiger partial charge in [0.2, 0.25) is 36.3 Å². The van der Waals surface area contributed by atoms with Crippen LogP contribution >= 0.6 is 34.4 Å². The summed E-state index contributed by atoms with van der Waals surface area (Å²) in [6.45, 7) is 46.9. The Labute approximate surface area is 815 Å². The molecule has 5 aromatic rings. The summed E-state index contributed by atoms with van der Waals surface area (Å²) in [6.07, 6.45) is 12.4. The van der Waals surface area contributed by atoms with E-state index in [-0.39, 0.29) is 310 Å². The molecule has 16 nitrogen and oxygen atoms in total. The van der Waals surface area contributed by atoms with Gasteiger partial charge in [-0.1, -0.05) is 77.3 Å². The maximum atomic E-state index is 9.77. The van der Waals surface area contributed by atoms with Crippen LogP contribution in [0.3, 0.4) is 0 Å². The number of hydrogen-bond donors (Lipinski definition) is 6. The van der Waals surface area contributed by atoms with Crippen LogP contribution in [0.1, 0.15) is 97.9 Å². The third-order valence-corrected chi connectivity index (χ3v) is 23.1. The number of hydrogen-bond acceptors (Lipinski definition) is 13. The number of aromatic nitrogens is 2. The second-order valence-electron chi connectivity index (χ2n) is 26.7. The fraction of sp³-hybridized carbons (Fsp3) is 0.545. The van der Waals surface area contributed by atoms with Gasteiger partial charge in [0, 0.05) is 277 Å². The zero-order chi connectivity index (χ0) is 74.3. The molecule has 108 heavy (non-hydrogen) atoms. The van der Waals surface area contributed by atoms with Crippen LogP contribution in [0, 0.1) is 126 Å². The topological polar surface area (TPSA) is 192 Å². The molecule has 0 amide bonds. The standard InChI is InChI=1S/C15H17BNO.C14H15BNO2.C14H15BNO.C12H14BN2OS.C11H12BN2OS2.C11H13BNO2.6Y/c1-3-10-5-4-6-11(7-10)8-12-13(17-2)9-14(18)15(12)16;1-16-12-8-13(17)14(15)11(12)7-9-4-3-5-10(6-9)18-2;1-16-12-9-13(17)14(15)11(12)8-7-10-5-3-2-4-6-10;1-14-9-7-10(16)12(13)8(9)3-2-4-11-15-5-6-17-11;1-13-8-6-9(15)10(12)7(8)2-4-16-11-14-3-5-17-11;1-13-9-7-10(14)11(12)8(9)5-3-4-6-15-2;;;;;;/h4-7,12-15,18H,1,3,8-9H2;3-6,11-14,17H,2,7-8H2;3-6,11-14,17H,7-9H2;5,8-10,12,16H,2-4,7H2;5,7-10,15H,2,4,6H2;8-11,14H,2,5-7H2;;;;;;/q6*-1;;;;;;. The molecule has 0 aliphatic heterocycles. The molecule has 24 atom stereocenters. The van der Waals surface area contributed by atoms with Gasteiger partial charge >= 0.3 is 0 Å². The fourth-order valence-corrected chi connectivity index (χ4v) is 16.6. The number of thiazole rings is 2. The van der Waals surface area contributed by atoms with Crippen LogP contribution in [0.25, 0.3) is 29.1 Å². The van der Waals surface area contributed by atoms with E-state index in [1.807, 2.05) is 66.0 Å². The van der Waals surface area contributed by atoms with Gasteiger partial charge in [-0.15, -0.1) is 12.1 Å². The number of rotatable bonds is 19. The van der Waals surface area contributed by atoms with Crippen molar-refractivity contribution in [2.24, 2.45) is 35.5 Å². The van der Waals surface area contributed by atoms with Crippen LogP contribution in [-0.4, -0.2) is 173 Å². The minimum absolute atomic E-state index is 0. The van der Waals surface area contributed by atoms with Crippen molar-refractivity contribution in [3.05, 3.63) is 219 Å². The molecule has 0 saturated heterocycles. The summed E-state index contributed by atoms with van der Waals surface area (Å²) in [7, 11) is 42.2. The van der Waals surface area contributed by atoms with Crippen molar-refractivity contribution in [3.8, 4) is 17.6 Å². The Morgan fingerprint density at radius 2 is 0.954 bits per heavy atom. The molecule has 6 aliphatic carbocycles. The number of nitrogens with zero attached hydrogens (tertiary/aromatic N) is 8. The normalized spacial score (nSPS) is 30.4. The molecule has 6 fully saturated rings. The van der Waals surface area contributed by atoms with Crippen molar-refractivity contribution < 1.29 is 236 Å². The molecule has 11 rings (SSSR count). The van der Waals surface area contributed by atoms with Gasteiger partial charge in [-0.3, -0.25) is 0 Å². The number of aliphatic hydroxyl groups excluding tert-OH is 6. The minimum atomic E-state index is -0.569. The first kappa shape index (κ1) is 108. The first-order chi connectivity index (χ1) is 49.2. The molecule has 542 valence electrons. The summed E-state index contributed by atoms with van der Waals surface area (Å²) < 4.78 is 10.5. The summed E-state index contributed by atoms with van der Waals surface area (Å²) in [6, 6.07) is 25.7. The molecular weight excluding hydrogens is 1860 g/mol. The number of ether oxygens (including phenoxy) is 2. The minimum Gasteiger partial charge on any atom is -0.665 e. The van der Waals surface area contributed by atoms with E-state index in [9.17, 15) is 30.6 Å². The van der Waals surface area contributed by atoms with Crippen LogP contribution in [0.4, 0.5) is 0 Å². The molecule has 0 bridgehead atoms. The van der Waals surface area contributed by atoms with Crippen LogP contribution in [-0.2, 0) is 233 Å². The van der Waals surface area contributed by atoms with Gasteiger partial charge in [0.1, 0.15) is 0 Å². The zero-order valence-electron chi connectivity index (χ0n) is 61.0. The molecule has 3 aromatic carbocycles. The van der Waals surface area contributed by atoms with E-state index in [0.717, 1.165) is 72.0 Å².